The SMILES string of the molecule is CCN(CCNC(C)C(C)OC)C(C)C. The molecule has 0 saturated heterocycles. The molecule has 1 N–H and O–H groups in total. The standard InChI is InChI=1S/C12H28N2O/c1-7-14(10(2)3)9-8-13-11(4)12(5)15-6/h10-13H,7-9H2,1-6H3. The Bertz CT molecular complexity index is 151. The van der Waals surface area contributed by atoms with Crippen LogP contribution >= 0.6 is 0 Å². The summed E-state index contributed by atoms with van der Waals surface area (Å²) in [5.41, 5.74) is 0. The topological polar surface area (TPSA) is 24.5 Å². The highest BCUT2D eigenvalue weighted by atomic mass is 16.5. The van der Waals surface area contributed by atoms with Gasteiger partial charge in [-0.05, 0) is 34.2 Å². The zero-order valence-corrected chi connectivity index (χ0v) is 11.2. The van der Waals surface area contributed by atoms with Crippen LogP contribution in [0.1, 0.15) is 34.6 Å². The van der Waals surface area contributed by atoms with E-state index in [1.54, 1.807) is 7.11 Å². The minimum atomic E-state index is 0.277. The molecule has 92 valence electrons. The summed E-state index contributed by atoms with van der Waals surface area (Å²) in [4.78, 5) is 2.46. The first kappa shape index (κ1) is 14.9. The summed E-state index contributed by atoms with van der Waals surface area (Å²) in [6.07, 6.45) is 0.277. The first-order chi connectivity index (χ1) is 7.02. The van der Waals surface area contributed by atoms with E-state index in [1.807, 2.05) is 0 Å². The molecule has 0 radical (unpaired) electrons. The molecule has 2 atom stereocenters. The third-order valence-electron chi connectivity index (χ3n) is 3.08. The van der Waals surface area contributed by atoms with Crippen LogP contribution in [0.3, 0.4) is 0 Å². The zero-order chi connectivity index (χ0) is 11.8. The van der Waals surface area contributed by atoms with Gasteiger partial charge in [-0.1, -0.05) is 6.92 Å². The fourth-order valence-corrected chi connectivity index (χ4v) is 1.59. The lowest BCUT2D eigenvalue weighted by molar-refractivity contribution is 0.0871. The molecule has 0 aliphatic carbocycles. The summed E-state index contributed by atoms with van der Waals surface area (Å²) in [6.45, 7) is 14.2. The third-order valence-corrected chi connectivity index (χ3v) is 3.08. The maximum absolute atomic E-state index is 5.27. The summed E-state index contributed by atoms with van der Waals surface area (Å²) < 4.78 is 5.27. The average Bonchev–Trinajstić information content (AvgIpc) is 2.22. The molecule has 0 aliphatic heterocycles. The Labute approximate surface area is 95.2 Å². The molecule has 0 saturated carbocycles. The molecule has 0 aliphatic rings. The Hall–Kier alpha value is -0.120. The molecule has 0 aromatic rings. The number of methoxy groups -OCH3 is 1. The second-order valence-corrected chi connectivity index (χ2v) is 4.41. The quantitative estimate of drug-likeness (QED) is 0.669. The summed E-state index contributed by atoms with van der Waals surface area (Å²) in [5, 5.41) is 3.49. The van der Waals surface area contributed by atoms with Crippen LogP contribution in [0.15, 0.2) is 0 Å². The van der Waals surface area contributed by atoms with Crippen molar-refractivity contribution >= 4 is 0 Å². The van der Waals surface area contributed by atoms with Gasteiger partial charge in [-0.2, -0.15) is 0 Å². The predicted octanol–water partition coefficient (Wildman–Crippen LogP) is 1.73. The number of nitrogens with zero attached hydrogens (tertiary/aromatic N) is 1. The van der Waals surface area contributed by atoms with E-state index in [1.165, 1.54) is 0 Å². The molecular weight excluding hydrogens is 188 g/mol. The van der Waals surface area contributed by atoms with Crippen LogP contribution in [-0.2, 0) is 4.74 Å². The summed E-state index contributed by atoms with van der Waals surface area (Å²) in [7, 11) is 1.76. The van der Waals surface area contributed by atoms with E-state index in [9.17, 15) is 0 Å². The summed E-state index contributed by atoms with van der Waals surface area (Å²) in [6, 6.07) is 1.05. The Morgan fingerprint density at radius 2 is 1.80 bits per heavy atom. The first-order valence-corrected chi connectivity index (χ1v) is 6.03. The lowest BCUT2D eigenvalue weighted by Crippen LogP contribution is -2.42. The van der Waals surface area contributed by atoms with Crippen molar-refractivity contribution in [2.75, 3.05) is 26.7 Å². The van der Waals surface area contributed by atoms with Gasteiger partial charge in [0, 0.05) is 32.3 Å². The third kappa shape index (κ3) is 6.13. The van der Waals surface area contributed by atoms with Gasteiger partial charge >= 0.3 is 0 Å². The maximum Gasteiger partial charge on any atom is 0.0693 e. The van der Waals surface area contributed by atoms with Crippen molar-refractivity contribution in [3.8, 4) is 0 Å². The van der Waals surface area contributed by atoms with Gasteiger partial charge in [0.1, 0.15) is 0 Å². The van der Waals surface area contributed by atoms with Crippen molar-refractivity contribution in [2.45, 2.75) is 52.8 Å². The molecule has 0 fully saturated rings. The molecular formula is C12H28N2O. The molecule has 0 amide bonds. The van der Waals surface area contributed by atoms with E-state index in [4.69, 9.17) is 4.74 Å². The van der Waals surface area contributed by atoms with Gasteiger partial charge in [-0.25, -0.2) is 0 Å². The van der Waals surface area contributed by atoms with E-state index in [0.29, 0.717) is 12.1 Å². The Balaban J connectivity index is 3.68. The van der Waals surface area contributed by atoms with Crippen LogP contribution in [-0.4, -0.2) is 49.8 Å². The number of ether oxygens (including phenoxy) is 1. The van der Waals surface area contributed by atoms with Crippen molar-refractivity contribution in [2.24, 2.45) is 0 Å². The second kappa shape index (κ2) is 8.08. The smallest absolute Gasteiger partial charge is 0.0693 e. The summed E-state index contributed by atoms with van der Waals surface area (Å²) in [5.74, 6) is 0. The number of hydrogen-bond acceptors (Lipinski definition) is 3. The molecule has 3 heteroatoms. The van der Waals surface area contributed by atoms with Crippen LogP contribution in [0.4, 0.5) is 0 Å². The number of rotatable bonds is 8. The van der Waals surface area contributed by atoms with E-state index >= 15 is 0 Å². The van der Waals surface area contributed by atoms with Crippen molar-refractivity contribution in [3.05, 3.63) is 0 Å². The van der Waals surface area contributed by atoms with Gasteiger partial charge in [-0.3, -0.25) is 4.90 Å². The van der Waals surface area contributed by atoms with Gasteiger partial charge in [0.2, 0.25) is 0 Å². The van der Waals surface area contributed by atoms with Gasteiger partial charge in [0.25, 0.3) is 0 Å². The molecule has 0 rings (SSSR count). The van der Waals surface area contributed by atoms with Crippen LogP contribution < -0.4 is 5.32 Å². The van der Waals surface area contributed by atoms with Crippen molar-refractivity contribution in [3.63, 3.8) is 0 Å². The Kier molecular flexibility index (Phi) is 8.02. The van der Waals surface area contributed by atoms with Gasteiger partial charge < -0.3 is 10.1 Å². The fourth-order valence-electron chi connectivity index (χ4n) is 1.59. The largest absolute Gasteiger partial charge is 0.380 e. The minimum Gasteiger partial charge on any atom is -0.380 e. The molecule has 0 spiro atoms. The first-order valence-electron chi connectivity index (χ1n) is 6.03. The predicted molar refractivity (Wildman–Crippen MR) is 66.3 cm³/mol. The summed E-state index contributed by atoms with van der Waals surface area (Å²) >= 11 is 0. The number of likely N-dealkylation sites (N-methyl/N-ethyl adjacent to an activating group) is 1. The molecule has 2 unspecified atom stereocenters. The Morgan fingerprint density at radius 3 is 2.20 bits per heavy atom. The van der Waals surface area contributed by atoms with Crippen molar-refractivity contribution in [1.82, 2.24) is 10.2 Å². The lowest BCUT2D eigenvalue weighted by Gasteiger charge is -2.26. The molecule has 0 bridgehead atoms. The van der Waals surface area contributed by atoms with E-state index < -0.39 is 0 Å². The van der Waals surface area contributed by atoms with E-state index in [0.717, 1.165) is 19.6 Å². The highest BCUT2D eigenvalue weighted by Crippen LogP contribution is 1.98. The molecule has 15 heavy (non-hydrogen) atoms. The molecule has 0 heterocycles. The monoisotopic (exact) mass is 216 g/mol. The molecule has 0 aromatic heterocycles. The van der Waals surface area contributed by atoms with Gasteiger partial charge in [0.05, 0.1) is 6.10 Å². The van der Waals surface area contributed by atoms with Crippen LogP contribution in [0.5, 0.6) is 0 Å². The van der Waals surface area contributed by atoms with Gasteiger partial charge in [-0.15, -0.1) is 0 Å². The van der Waals surface area contributed by atoms with Crippen LogP contribution in [0.25, 0.3) is 0 Å². The van der Waals surface area contributed by atoms with E-state index in [2.05, 4.69) is 44.8 Å². The van der Waals surface area contributed by atoms with Crippen LogP contribution in [0.2, 0.25) is 0 Å². The lowest BCUT2D eigenvalue weighted by atomic mass is 10.2. The second-order valence-electron chi connectivity index (χ2n) is 4.41. The minimum absolute atomic E-state index is 0.277. The normalized spacial score (nSPS) is 16.0. The number of hydrogen-bond donors (Lipinski definition) is 1. The highest BCUT2D eigenvalue weighted by molar-refractivity contribution is 4.70. The van der Waals surface area contributed by atoms with Crippen LogP contribution in [0, 0.1) is 0 Å². The average molecular weight is 216 g/mol. The molecule has 3 nitrogen and oxygen atoms in total. The fraction of sp³-hybridized carbons (Fsp3) is 1.00. The molecule has 0 aromatic carbocycles. The highest BCUT2D eigenvalue weighted by Gasteiger charge is 2.11. The Morgan fingerprint density at radius 1 is 1.20 bits per heavy atom. The maximum atomic E-state index is 5.27. The van der Waals surface area contributed by atoms with Crippen molar-refractivity contribution in [1.29, 1.82) is 0 Å². The van der Waals surface area contributed by atoms with Crippen molar-refractivity contribution < 1.29 is 4.74 Å². The number of nitrogens with one attached hydrogen (secondary N) is 1. The zero-order valence-electron chi connectivity index (χ0n) is 11.2. The van der Waals surface area contributed by atoms with E-state index in [-0.39, 0.29) is 6.10 Å². The van der Waals surface area contributed by atoms with Gasteiger partial charge in [0.15, 0.2) is 0 Å².